The van der Waals surface area contributed by atoms with E-state index in [4.69, 9.17) is 9.05 Å². The maximum absolute atomic E-state index is 13.9. The summed E-state index contributed by atoms with van der Waals surface area (Å²) in [6.45, 7) is 0. The van der Waals surface area contributed by atoms with E-state index in [0.717, 1.165) is 0 Å². The molecule has 0 aromatic heterocycles. The van der Waals surface area contributed by atoms with Gasteiger partial charge >= 0.3 is 7.60 Å². The number of phenols is 2. The summed E-state index contributed by atoms with van der Waals surface area (Å²) in [5, 5.41) is 21.9. The van der Waals surface area contributed by atoms with E-state index in [1.165, 1.54) is 6.07 Å². The number of aromatic hydroxyl groups is 2. The van der Waals surface area contributed by atoms with E-state index in [1.807, 2.05) is 0 Å². The van der Waals surface area contributed by atoms with Crippen LogP contribution in [0.4, 0.5) is 0 Å². The summed E-state index contributed by atoms with van der Waals surface area (Å²) in [6, 6.07) is 25.1. The highest BCUT2D eigenvalue weighted by Crippen LogP contribution is 2.51. The van der Waals surface area contributed by atoms with Gasteiger partial charge < -0.3 is 19.3 Å². The zero-order valence-corrected chi connectivity index (χ0v) is 15.6. The van der Waals surface area contributed by atoms with E-state index in [2.05, 4.69) is 0 Å². The van der Waals surface area contributed by atoms with Crippen molar-refractivity contribution in [2.75, 3.05) is 0 Å². The summed E-state index contributed by atoms with van der Waals surface area (Å²) in [7, 11) is -4.09. The third-order valence-electron chi connectivity index (χ3n) is 4.21. The Bertz CT molecular complexity index is 1110. The van der Waals surface area contributed by atoms with Crippen molar-refractivity contribution in [2.45, 2.75) is 0 Å². The molecular formula is C22H17O5P. The van der Waals surface area contributed by atoms with Crippen molar-refractivity contribution in [3.05, 3.63) is 91.0 Å². The van der Waals surface area contributed by atoms with Crippen LogP contribution in [0.1, 0.15) is 0 Å². The van der Waals surface area contributed by atoms with Crippen molar-refractivity contribution in [2.24, 2.45) is 0 Å². The largest absolute Gasteiger partial charge is 0.507 e. The molecule has 0 saturated carbocycles. The molecule has 0 heterocycles. The molecule has 0 unspecified atom stereocenters. The van der Waals surface area contributed by atoms with Crippen LogP contribution < -0.4 is 14.4 Å². The van der Waals surface area contributed by atoms with Crippen LogP contribution in [0.2, 0.25) is 0 Å². The molecule has 0 saturated heterocycles. The van der Waals surface area contributed by atoms with Crippen LogP contribution in [0.25, 0.3) is 10.8 Å². The fourth-order valence-corrected chi connectivity index (χ4v) is 4.59. The van der Waals surface area contributed by atoms with E-state index in [-0.39, 0.29) is 16.8 Å². The van der Waals surface area contributed by atoms with Gasteiger partial charge in [0.2, 0.25) is 0 Å². The average molecular weight is 392 g/mol. The summed E-state index contributed by atoms with van der Waals surface area (Å²) in [4.78, 5) is 0. The fraction of sp³-hybridized carbons (Fsp3) is 0. The molecule has 0 radical (unpaired) electrons. The minimum atomic E-state index is -4.09. The van der Waals surface area contributed by atoms with Gasteiger partial charge in [0.05, 0.1) is 0 Å². The van der Waals surface area contributed by atoms with E-state index in [9.17, 15) is 14.8 Å². The lowest BCUT2D eigenvalue weighted by molar-refractivity contribution is 0.396. The van der Waals surface area contributed by atoms with E-state index < -0.39 is 7.60 Å². The zero-order valence-electron chi connectivity index (χ0n) is 14.7. The van der Waals surface area contributed by atoms with Gasteiger partial charge in [-0.05, 0) is 24.3 Å². The molecule has 4 aromatic carbocycles. The maximum Gasteiger partial charge on any atom is 0.466 e. The predicted molar refractivity (Wildman–Crippen MR) is 109 cm³/mol. The van der Waals surface area contributed by atoms with Crippen molar-refractivity contribution in [3.63, 3.8) is 0 Å². The van der Waals surface area contributed by atoms with Crippen LogP contribution >= 0.6 is 7.60 Å². The lowest BCUT2D eigenvalue weighted by atomic mass is 10.1. The van der Waals surface area contributed by atoms with Crippen molar-refractivity contribution in [1.82, 2.24) is 0 Å². The van der Waals surface area contributed by atoms with Gasteiger partial charge in [-0.25, -0.2) is 4.57 Å². The third-order valence-corrected chi connectivity index (χ3v) is 6.04. The van der Waals surface area contributed by atoms with E-state index in [0.29, 0.717) is 22.3 Å². The van der Waals surface area contributed by atoms with Crippen LogP contribution in [0.15, 0.2) is 91.0 Å². The summed E-state index contributed by atoms with van der Waals surface area (Å²) in [6.07, 6.45) is 0. The Balaban J connectivity index is 1.89. The minimum Gasteiger partial charge on any atom is -0.507 e. The maximum atomic E-state index is 13.9. The fourth-order valence-electron chi connectivity index (χ4n) is 2.89. The summed E-state index contributed by atoms with van der Waals surface area (Å²) in [5.41, 5.74) is 0. The molecule has 28 heavy (non-hydrogen) atoms. The van der Waals surface area contributed by atoms with Gasteiger partial charge in [-0.1, -0.05) is 60.7 Å². The molecule has 6 heteroatoms. The number of para-hydroxylation sites is 2. The third kappa shape index (κ3) is 3.40. The van der Waals surface area contributed by atoms with E-state index in [1.54, 1.807) is 84.9 Å². The first-order valence-corrected chi connectivity index (χ1v) is 10.1. The zero-order chi connectivity index (χ0) is 19.6. The Kier molecular flexibility index (Phi) is 4.68. The highest BCUT2D eigenvalue weighted by atomic mass is 31.2. The number of hydrogen-bond acceptors (Lipinski definition) is 5. The second-order valence-corrected chi connectivity index (χ2v) is 7.96. The number of hydrogen-bond donors (Lipinski definition) is 2. The summed E-state index contributed by atoms with van der Waals surface area (Å²) < 4.78 is 25.3. The van der Waals surface area contributed by atoms with Crippen LogP contribution in [0.5, 0.6) is 23.0 Å². The highest BCUT2D eigenvalue weighted by Gasteiger charge is 2.36. The average Bonchev–Trinajstić information content (AvgIpc) is 2.72. The second kappa shape index (κ2) is 7.29. The summed E-state index contributed by atoms with van der Waals surface area (Å²) in [5.74, 6) is 0.239. The van der Waals surface area contributed by atoms with Crippen molar-refractivity contribution in [1.29, 1.82) is 0 Å². The standard InChI is InChI=1S/C22H17O5P/c23-20-15-21(22(24)19-14-8-7-13-18(19)20)28(25,26-16-9-3-1-4-10-16)27-17-11-5-2-6-12-17/h1-15,23-24H. The molecule has 0 amide bonds. The highest BCUT2D eigenvalue weighted by molar-refractivity contribution is 7.63. The van der Waals surface area contributed by atoms with Crippen molar-refractivity contribution in [3.8, 4) is 23.0 Å². The van der Waals surface area contributed by atoms with Gasteiger partial charge in [-0.2, -0.15) is 0 Å². The normalized spacial score (nSPS) is 11.3. The first-order chi connectivity index (χ1) is 13.6. The molecular weight excluding hydrogens is 375 g/mol. The van der Waals surface area contributed by atoms with Gasteiger partial charge in [0.25, 0.3) is 0 Å². The second-order valence-electron chi connectivity index (χ2n) is 6.12. The molecule has 4 aromatic rings. The van der Waals surface area contributed by atoms with Gasteiger partial charge in [-0.15, -0.1) is 0 Å². The predicted octanol–water partition coefficient (Wildman–Crippen LogP) is 5.23. The van der Waals surface area contributed by atoms with Gasteiger partial charge in [0.1, 0.15) is 28.3 Å². The lowest BCUT2D eigenvalue weighted by Crippen LogP contribution is -2.15. The molecule has 0 atom stereocenters. The molecule has 0 aliphatic rings. The smallest absolute Gasteiger partial charge is 0.466 e. The minimum absolute atomic E-state index is 0.114. The molecule has 2 N–H and O–H groups in total. The van der Waals surface area contributed by atoms with Crippen LogP contribution in [0.3, 0.4) is 0 Å². The number of fused-ring (bicyclic) bond motifs is 1. The molecule has 0 spiro atoms. The van der Waals surface area contributed by atoms with Gasteiger partial charge in [-0.3, -0.25) is 0 Å². The number of phenolic OH excluding ortho intramolecular Hbond substituents is 2. The van der Waals surface area contributed by atoms with Gasteiger partial charge in [0.15, 0.2) is 0 Å². The van der Waals surface area contributed by atoms with Crippen LogP contribution in [-0.2, 0) is 4.57 Å². The first kappa shape index (κ1) is 18.0. The molecule has 5 nitrogen and oxygen atoms in total. The number of benzene rings is 4. The first-order valence-electron chi connectivity index (χ1n) is 8.60. The van der Waals surface area contributed by atoms with Crippen molar-refractivity contribution >= 4 is 23.7 Å². The Labute approximate surface area is 162 Å². The Morgan fingerprint density at radius 1 is 0.643 bits per heavy atom. The number of rotatable bonds is 5. The topological polar surface area (TPSA) is 76.0 Å². The lowest BCUT2D eigenvalue weighted by Gasteiger charge is -2.22. The summed E-state index contributed by atoms with van der Waals surface area (Å²) >= 11 is 0. The molecule has 0 bridgehead atoms. The molecule has 4 rings (SSSR count). The molecule has 0 aliphatic carbocycles. The Hall–Kier alpha value is -3.43. The van der Waals surface area contributed by atoms with Crippen LogP contribution in [-0.4, -0.2) is 10.2 Å². The Morgan fingerprint density at radius 2 is 1.11 bits per heavy atom. The monoisotopic (exact) mass is 392 g/mol. The quantitative estimate of drug-likeness (QED) is 0.359. The molecule has 140 valence electrons. The molecule has 0 fully saturated rings. The molecule has 0 aliphatic heterocycles. The van der Waals surface area contributed by atoms with Gasteiger partial charge in [0, 0.05) is 16.8 Å². The van der Waals surface area contributed by atoms with Crippen molar-refractivity contribution < 1.29 is 23.8 Å². The SMILES string of the molecule is O=P(Oc1ccccc1)(Oc1ccccc1)c1cc(O)c2ccccc2c1O. The van der Waals surface area contributed by atoms with Crippen LogP contribution in [0, 0.1) is 0 Å². The van der Waals surface area contributed by atoms with E-state index >= 15 is 0 Å². The Morgan fingerprint density at radius 3 is 1.64 bits per heavy atom.